The summed E-state index contributed by atoms with van der Waals surface area (Å²) in [6, 6.07) is 5.99. The molecule has 1 aromatic carbocycles. The lowest BCUT2D eigenvalue weighted by Gasteiger charge is -2.16. The molecule has 0 saturated heterocycles. The van der Waals surface area contributed by atoms with Crippen LogP contribution in [0.1, 0.15) is 12.5 Å². The van der Waals surface area contributed by atoms with Gasteiger partial charge in [-0.2, -0.15) is 0 Å². The summed E-state index contributed by atoms with van der Waals surface area (Å²) in [5.41, 5.74) is 1.03. The number of hydrogen-bond acceptors (Lipinski definition) is 4. The highest BCUT2D eigenvalue weighted by Crippen LogP contribution is 2.15. The first kappa shape index (κ1) is 16.8. The molecule has 2 unspecified atom stereocenters. The Bertz CT molecular complexity index is 464. The van der Waals surface area contributed by atoms with Crippen LogP contribution in [-0.2, 0) is 15.3 Å². The molecule has 0 aliphatic heterocycles. The van der Waals surface area contributed by atoms with Crippen molar-refractivity contribution in [1.82, 2.24) is 5.32 Å². The standard InChI is InChI=1S/C13H16ClNO4S/c1-8(16)12(13(18)19)15-11(17)7-20-6-9-2-4-10(14)5-3-9/h2-5,8,12,16H,6-7H2,1H3,(H,15,17)(H,18,19). The van der Waals surface area contributed by atoms with Gasteiger partial charge in [0.15, 0.2) is 6.04 Å². The number of carbonyl (C=O) groups excluding carboxylic acids is 1. The van der Waals surface area contributed by atoms with Crippen molar-refractivity contribution in [2.45, 2.75) is 24.8 Å². The molecule has 0 aromatic heterocycles. The summed E-state index contributed by atoms with van der Waals surface area (Å²) in [7, 11) is 0. The molecular weight excluding hydrogens is 302 g/mol. The zero-order valence-electron chi connectivity index (χ0n) is 10.9. The van der Waals surface area contributed by atoms with E-state index >= 15 is 0 Å². The lowest BCUT2D eigenvalue weighted by atomic mass is 10.2. The minimum Gasteiger partial charge on any atom is -0.480 e. The first-order valence-corrected chi connectivity index (χ1v) is 7.46. The van der Waals surface area contributed by atoms with Crippen molar-refractivity contribution in [2.75, 3.05) is 5.75 Å². The summed E-state index contributed by atoms with van der Waals surface area (Å²) in [6.45, 7) is 1.32. The van der Waals surface area contributed by atoms with E-state index < -0.39 is 24.0 Å². The summed E-state index contributed by atoms with van der Waals surface area (Å²) in [4.78, 5) is 22.4. The Morgan fingerprint density at radius 2 is 1.95 bits per heavy atom. The fourth-order valence-electron chi connectivity index (χ4n) is 1.45. The van der Waals surface area contributed by atoms with E-state index in [2.05, 4.69) is 5.32 Å². The molecule has 0 radical (unpaired) electrons. The number of carboxylic acids is 1. The molecule has 110 valence electrons. The number of aliphatic hydroxyl groups excluding tert-OH is 1. The molecule has 1 aromatic rings. The molecule has 1 amide bonds. The molecule has 0 aliphatic rings. The van der Waals surface area contributed by atoms with E-state index in [1.165, 1.54) is 18.7 Å². The van der Waals surface area contributed by atoms with Gasteiger partial charge in [0.25, 0.3) is 0 Å². The molecule has 0 saturated carbocycles. The van der Waals surface area contributed by atoms with Gasteiger partial charge in [-0.05, 0) is 24.6 Å². The summed E-state index contributed by atoms with van der Waals surface area (Å²) in [5.74, 6) is -0.927. The van der Waals surface area contributed by atoms with Crippen molar-refractivity contribution in [1.29, 1.82) is 0 Å². The summed E-state index contributed by atoms with van der Waals surface area (Å²) in [6.07, 6.45) is -1.14. The number of carboxylic acid groups (broad SMARTS) is 1. The fraction of sp³-hybridized carbons (Fsp3) is 0.385. The predicted octanol–water partition coefficient (Wildman–Crippen LogP) is 1.52. The van der Waals surface area contributed by atoms with Crippen LogP contribution >= 0.6 is 23.4 Å². The number of amides is 1. The number of rotatable bonds is 7. The number of nitrogens with one attached hydrogen (secondary N) is 1. The SMILES string of the molecule is CC(O)C(NC(=O)CSCc1ccc(Cl)cc1)C(=O)O. The van der Waals surface area contributed by atoms with Crippen molar-refractivity contribution in [2.24, 2.45) is 0 Å². The van der Waals surface area contributed by atoms with Crippen LogP contribution in [0.25, 0.3) is 0 Å². The Morgan fingerprint density at radius 1 is 1.35 bits per heavy atom. The lowest BCUT2D eigenvalue weighted by Crippen LogP contribution is -2.48. The van der Waals surface area contributed by atoms with Gasteiger partial charge in [-0.15, -0.1) is 11.8 Å². The van der Waals surface area contributed by atoms with E-state index in [4.69, 9.17) is 16.7 Å². The first-order chi connectivity index (χ1) is 9.40. The van der Waals surface area contributed by atoms with Gasteiger partial charge in [0.1, 0.15) is 0 Å². The van der Waals surface area contributed by atoms with Crippen molar-refractivity contribution in [3.8, 4) is 0 Å². The highest BCUT2D eigenvalue weighted by atomic mass is 35.5. The van der Waals surface area contributed by atoms with Crippen LogP contribution in [0.5, 0.6) is 0 Å². The maximum Gasteiger partial charge on any atom is 0.328 e. The predicted molar refractivity (Wildman–Crippen MR) is 78.9 cm³/mol. The van der Waals surface area contributed by atoms with Crippen LogP contribution in [0.3, 0.4) is 0 Å². The van der Waals surface area contributed by atoms with Crippen molar-refractivity contribution >= 4 is 35.2 Å². The normalized spacial score (nSPS) is 13.6. The molecular formula is C13H16ClNO4S. The van der Waals surface area contributed by atoms with Crippen LogP contribution in [-0.4, -0.2) is 40.0 Å². The van der Waals surface area contributed by atoms with Crippen LogP contribution in [0.4, 0.5) is 0 Å². The number of hydrogen-bond donors (Lipinski definition) is 3. The Labute approximate surface area is 126 Å². The average Bonchev–Trinajstić information content (AvgIpc) is 2.37. The van der Waals surface area contributed by atoms with E-state index in [9.17, 15) is 14.7 Å². The molecule has 2 atom stereocenters. The van der Waals surface area contributed by atoms with Crippen LogP contribution in [0, 0.1) is 0 Å². The second-order valence-electron chi connectivity index (χ2n) is 4.24. The van der Waals surface area contributed by atoms with E-state index in [0.29, 0.717) is 10.8 Å². The smallest absolute Gasteiger partial charge is 0.328 e. The van der Waals surface area contributed by atoms with Gasteiger partial charge >= 0.3 is 5.97 Å². The number of aliphatic hydroxyl groups is 1. The van der Waals surface area contributed by atoms with E-state index in [1.807, 2.05) is 12.1 Å². The molecule has 7 heteroatoms. The number of carbonyl (C=O) groups is 2. The zero-order valence-corrected chi connectivity index (χ0v) is 12.4. The molecule has 0 spiro atoms. The minimum absolute atomic E-state index is 0.124. The number of benzene rings is 1. The summed E-state index contributed by atoms with van der Waals surface area (Å²) >= 11 is 7.12. The van der Waals surface area contributed by atoms with Crippen molar-refractivity contribution < 1.29 is 19.8 Å². The molecule has 1 rings (SSSR count). The second kappa shape index (κ2) is 8.14. The molecule has 0 heterocycles. The summed E-state index contributed by atoms with van der Waals surface area (Å²) in [5, 5.41) is 21.0. The van der Waals surface area contributed by atoms with E-state index in [0.717, 1.165) is 5.56 Å². The van der Waals surface area contributed by atoms with Gasteiger partial charge in [-0.1, -0.05) is 23.7 Å². The third kappa shape index (κ3) is 5.81. The maximum absolute atomic E-state index is 11.6. The molecule has 5 nitrogen and oxygen atoms in total. The Balaban J connectivity index is 2.36. The van der Waals surface area contributed by atoms with Gasteiger partial charge in [0.2, 0.25) is 5.91 Å². The average molecular weight is 318 g/mol. The van der Waals surface area contributed by atoms with Crippen molar-refractivity contribution in [3.63, 3.8) is 0 Å². The van der Waals surface area contributed by atoms with Crippen LogP contribution in [0.15, 0.2) is 24.3 Å². The van der Waals surface area contributed by atoms with Gasteiger partial charge in [-0.3, -0.25) is 4.79 Å². The molecule has 0 fully saturated rings. The molecule has 3 N–H and O–H groups in total. The molecule has 0 bridgehead atoms. The maximum atomic E-state index is 11.6. The van der Waals surface area contributed by atoms with E-state index in [1.54, 1.807) is 12.1 Å². The van der Waals surface area contributed by atoms with Gasteiger partial charge in [0, 0.05) is 10.8 Å². The number of halogens is 1. The third-order valence-electron chi connectivity index (χ3n) is 2.48. The highest BCUT2D eigenvalue weighted by Gasteiger charge is 2.24. The number of thioether (sulfide) groups is 1. The molecule has 0 aliphatic carbocycles. The largest absolute Gasteiger partial charge is 0.480 e. The van der Waals surface area contributed by atoms with Crippen molar-refractivity contribution in [3.05, 3.63) is 34.9 Å². The Kier molecular flexibility index (Phi) is 6.84. The van der Waals surface area contributed by atoms with Crippen LogP contribution < -0.4 is 5.32 Å². The van der Waals surface area contributed by atoms with Gasteiger partial charge < -0.3 is 15.5 Å². The van der Waals surface area contributed by atoms with Gasteiger partial charge in [-0.25, -0.2) is 4.79 Å². The van der Waals surface area contributed by atoms with Gasteiger partial charge in [0.05, 0.1) is 11.9 Å². The lowest BCUT2D eigenvalue weighted by molar-refractivity contribution is -0.144. The number of aliphatic carboxylic acids is 1. The Morgan fingerprint density at radius 3 is 2.45 bits per heavy atom. The second-order valence-corrected chi connectivity index (χ2v) is 5.67. The topological polar surface area (TPSA) is 86.6 Å². The van der Waals surface area contributed by atoms with Crippen LogP contribution in [0.2, 0.25) is 5.02 Å². The first-order valence-electron chi connectivity index (χ1n) is 5.92. The van der Waals surface area contributed by atoms with E-state index in [-0.39, 0.29) is 5.75 Å². The fourth-order valence-corrected chi connectivity index (χ4v) is 2.37. The monoisotopic (exact) mass is 317 g/mol. The highest BCUT2D eigenvalue weighted by molar-refractivity contribution is 7.99. The summed E-state index contributed by atoms with van der Waals surface area (Å²) < 4.78 is 0. The minimum atomic E-state index is -1.28. The quantitative estimate of drug-likeness (QED) is 0.710. The Hall–Kier alpha value is -1.24. The molecule has 20 heavy (non-hydrogen) atoms. The third-order valence-corrected chi connectivity index (χ3v) is 3.74. The zero-order chi connectivity index (χ0) is 15.1.